The highest BCUT2D eigenvalue weighted by Gasteiger charge is 2.31. The second kappa shape index (κ2) is 16.7. The average Bonchev–Trinajstić information content (AvgIpc) is 2.98. The second-order valence-corrected chi connectivity index (χ2v) is 10.9. The van der Waals surface area contributed by atoms with Crippen LogP contribution in [0.3, 0.4) is 0 Å². The van der Waals surface area contributed by atoms with E-state index in [1.165, 1.54) is 12.3 Å². The van der Waals surface area contributed by atoms with Crippen molar-refractivity contribution in [3.05, 3.63) is 59.8 Å². The lowest BCUT2D eigenvalue weighted by Crippen LogP contribution is -2.57. The van der Waals surface area contributed by atoms with Crippen LogP contribution in [0.15, 0.2) is 53.7 Å². The lowest BCUT2D eigenvalue weighted by molar-refractivity contribution is -0.132. The average molecular weight is 594 g/mol. The predicted octanol–water partition coefficient (Wildman–Crippen LogP) is 0.484. The molecule has 2 aromatic rings. The summed E-state index contributed by atoms with van der Waals surface area (Å²) >= 11 is 0. The van der Waals surface area contributed by atoms with Gasteiger partial charge in [-0.05, 0) is 42.9 Å². The Balaban J connectivity index is 1.79. The van der Waals surface area contributed by atoms with E-state index < -0.39 is 41.8 Å². The van der Waals surface area contributed by atoms with Crippen molar-refractivity contribution in [3.63, 3.8) is 0 Å². The summed E-state index contributed by atoms with van der Waals surface area (Å²) < 4.78 is 0. The molecule has 1 fully saturated rings. The maximum atomic E-state index is 13.7. The minimum atomic E-state index is -1.05. The molecular weight excluding hydrogens is 550 g/mol. The molecule has 0 radical (unpaired) electrons. The van der Waals surface area contributed by atoms with Gasteiger partial charge >= 0.3 is 0 Å². The van der Waals surface area contributed by atoms with E-state index in [0.29, 0.717) is 12.8 Å². The van der Waals surface area contributed by atoms with Crippen LogP contribution in [0.4, 0.5) is 5.82 Å². The number of nitrogens with two attached hydrogens (primary N) is 4. The zero-order valence-electron chi connectivity index (χ0n) is 24.3. The summed E-state index contributed by atoms with van der Waals surface area (Å²) in [6, 6.07) is 9.27. The fraction of sp³-hybridized carbons (Fsp3) is 0.467. The number of primary amides is 1. The van der Waals surface area contributed by atoms with Crippen molar-refractivity contribution in [1.82, 2.24) is 20.9 Å². The standard InChI is InChI=1S/C30H43N9O4/c31-25-21(13-7-15-35-25)27(41)39-24(18-20-11-5-2-6-12-20)29(43)37-22(14-8-16-36-30(33)34)28(42)38-23(26(32)40)17-19-9-3-1-4-10-19/h1,3-4,7,9-10,13,15,20,22-24H,2,5-6,8,11-12,14,16-18H2,(H2,31,35)(H2,32,40)(H,37,43)(H,38,42)(H,39,41)(H4,33,34,36)/t22-,23-,24-/m0/s1. The van der Waals surface area contributed by atoms with Gasteiger partial charge < -0.3 is 38.9 Å². The summed E-state index contributed by atoms with van der Waals surface area (Å²) in [6.45, 7) is 0.230. The van der Waals surface area contributed by atoms with Gasteiger partial charge in [0.15, 0.2) is 5.96 Å². The van der Waals surface area contributed by atoms with Crippen molar-refractivity contribution in [2.75, 3.05) is 12.3 Å². The van der Waals surface area contributed by atoms with E-state index in [1.807, 2.05) is 30.3 Å². The van der Waals surface area contributed by atoms with Crippen LogP contribution in [-0.4, -0.2) is 59.2 Å². The van der Waals surface area contributed by atoms with Crippen LogP contribution in [0.25, 0.3) is 0 Å². The zero-order chi connectivity index (χ0) is 31.2. The Morgan fingerprint density at radius 2 is 1.53 bits per heavy atom. The van der Waals surface area contributed by atoms with Gasteiger partial charge in [0.05, 0.1) is 5.56 Å². The Morgan fingerprint density at radius 3 is 2.19 bits per heavy atom. The number of amides is 4. The molecule has 0 aliphatic heterocycles. The quantitative estimate of drug-likeness (QED) is 0.0869. The molecule has 1 heterocycles. The first kappa shape index (κ1) is 32.8. The Morgan fingerprint density at radius 1 is 0.860 bits per heavy atom. The van der Waals surface area contributed by atoms with Crippen molar-refractivity contribution in [2.45, 2.75) is 75.9 Å². The number of nitrogens with zero attached hydrogens (tertiary/aromatic N) is 2. The molecule has 232 valence electrons. The molecule has 1 aliphatic carbocycles. The third kappa shape index (κ3) is 10.9. The van der Waals surface area contributed by atoms with Crippen molar-refractivity contribution in [3.8, 4) is 0 Å². The molecule has 13 nitrogen and oxygen atoms in total. The number of carbonyl (C=O) groups is 4. The van der Waals surface area contributed by atoms with E-state index in [9.17, 15) is 19.2 Å². The first-order valence-corrected chi connectivity index (χ1v) is 14.6. The van der Waals surface area contributed by atoms with Gasteiger partial charge in [-0.25, -0.2) is 4.98 Å². The second-order valence-electron chi connectivity index (χ2n) is 10.9. The third-order valence-corrected chi connectivity index (χ3v) is 7.52. The van der Waals surface area contributed by atoms with E-state index in [4.69, 9.17) is 22.9 Å². The molecule has 1 aromatic carbocycles. The number of nitrogen functional groups attached to an aromatic ring is 1. The molecule has 0 saturated heterocycles. The lowest BCUT2D eigenvalue weighted by Gasteiger charge is -2.28. The van der Waals surface area contributed by atoms with Crippen LogP contribution in [0.1, 0.15) is 67.3 Å². The molecule has 1 aliphatic rings. The van der Waals surface area contributed by atoms with Gasteiger partial charge in [-0.2, -0.15) is 0 Å². The van der Waals surface area contributed by atoms with Crippen LogP contribution in [0.5, 0.6) is 0 Å². The number of rotatable bonds is 15. The number of anilines is 1. The van der Waals surface area contributed by atoms with Gasteiger partial charge in [-0.3, -0.25) is 24.2 Å². The van der Waals surface area contributed by atoms with E-state index in [1.54, 1.807) is 6.07 Å². The van der Waals surface area contributed by atoms with Crippen molar-refractivity contribution in [1.29, 1.82) is 0 Å². The summed E-state index contributed by atoms with van der Waals surface area (Å²) in [5, 5.41) is 8.30. The molecule has 1 saturated carbocycles. The summed E-state index contributed by atoms with van der Waals surface area (Å²) in [6.07, 6.45) is 7.71. The Hall–Kier alpha value is -4.68. The predicted molar refractivity (Wildman–Crippen MR) is 164 cm³/mol. The molecule has 0 unspecified atom stereocenters. The van der Waals surface area contributed by atoms with Crippen LogP contribution in [0.2, 0.25) is 0 Å². The number of pyridine rings is 1. The summed E-state index contributed by atoms with van der Waals surface area (Å²) in [4.78, 5) is 60.5. The highest BCUT2D eigenvalue weighted by atomic mass is 16.2. The van der Waals surface area contributed by atoms with Crippen LogP contribution >= 0.6 is 0 Å². The van der Waals surface area contributed by atoms with E-state index in [0.717, 1.165) is 37.7 Å². The SMILES string of the molecule is NC(=O)[C@H](Cc1ccccc1)NC(=O)[C@H](CCCN=C(N)N)NC(=O)[C@H](CC1CCCCC1)NC(=O)c1cccnc1N. The number of benzene rings is 1. The smallest absolute Gasteiger partial charge is 0.255 e. The third-order valence-electron chi connectivity index (χ3n) is 7.52. The molecule has 4 amide bonds. The normalized spacial score (nSPS) is 15.3. The van der Waals surface area contributed by atoms with Gasteiger partial charge in [0, 0.05) is 19.2 Å². The lowest BCUT2D eigenvalue weighted by atomic mass is 9.84. The summed E-state index contributed by atoms with van der Waals surface area (Å²) in [7, 11) is 0. The molecule has 3 atom stereocenters. The fourth-order valence-corrected chi connectivity index (χ4v) is 5.22. The van der Waals surface area contributed by atoms with E-state index >= 15 is 0 Å². The van der Waals surface area contributed by atoms with Gasteiger partial charge in [0.2, 0.25) is 17.7 Å². The van der Waals surface area contributed by atoms with Gasteiger partial charge in [-0.15, -0.1) is 0 Å². The number of hydrogen-bond acceptors (Lipinski definition) is 7. The van der Waals surface area contributed by atoms with Crippen LogP contribution < -0.4 is 38.9 Å². The number of guanidine groups is 1. The fourth-order valence-electron chi connectivity index (χ4n) is 5.22. The number of nitrogens with one attached hydrogen (secondary N) is 3. The molecular formula is C30H43N9O4. The summed E-state index contributed by atoms with van der Waals surface area (Å²) in [5.74, 6) is -2.17. The summed E-state index contributed by atoms with van der Waals surface area (Å²) in [5.41, 5.74) is 23.3. The van der Waals surface area contributed by atoms with Crippen molar-refractivity contribution < 1.29 is 19.2 Å². The van der Waals surface area contributed by atoms with E-state index in [2.05, 4.69) is 25.9 Å². The molecule has 0 bridgehead atoms. The Labute approximate surface area is 251 Å². The van der Waals surface area contributed by atoms with Gasteiger partial charge in [0.25, 0.3) is 5.91 Å². The highest BCUT2D eigenvalue weighted by Crippen LogP contribution is 2.27. The molecule has 3 rings (SSSR count). The molecule has 43 heavy (non-hydrogen) atoms. The van der Waals surface area contributed by atoms with E-state index in [-0.39, 0.29) is 42.6 Å². The van der Waals surface area contributed by atoms with Crippen LogP contribution in [0, 0.1) is 5.92 Å². The monoisotopic (exact) mass is 593 g/mol. The minimum Gasteiger partial charge on any atom is -0.383 e. The molecule has 1 aromatic heterocycles. The number of hydrogen-bond donors (Lipinski definition) is 7. The van der Waals surface area contributed by atoms with Gasteiger partial charge in [0.1, 0.15) is 23.9 Å². The zero-order valence-corrected chi connectivity index (χ0v) is 24.3. The first-order valence-electron chi connectivity index (χ1n) is 14.6. The number of carbonyl (C=O) groups excluding carboxylic acids is 4. The molecule has 0 spiro atoms. The Bertz CT molecular complexity index is 1260. The topological polar surface area (TPSA) is 234 Å². The maximum absolute atomic E-state index is 13.7. The highest BCUT2D eigenvalue weighted by molar-refractivity contribution is 6.01. The van der Waals surface area contributed by atoms with Gasteiger partial charge in [-0.1, -0.05) is 62.4 Å². The molecule has 11 N–H and O–H groups in total. The van der Waals surface area contributed by atoms with Crippen molar-refractivity contribution >= 4 is 35.4 Å². The first-order chi connectivity index (χ1) is 20.6. The number of aromatic nitrogens is 1. The minimum absolute atomic E-state index is 0.0460. The number of aliphatic imine (C=N–C) groups is 1. The van der Waals surface area contributed by atoms with Crippen LogP contribution in [-0.2, 0) is 20.8 Å². The largest absolute Gasteiger partial charge is 0.383 e. The van der Waals surface area contributed by atoms with Crippen molar-refractivity contribution in [2.24, 2.45) is 28.1 Å². The molecule has 13 heteroatoms. The maximum Gasteiger partial charge on any atom is 0.255 e. The Kier molecular flexibility index (Phi) is 12.7.